The minimum atomic E-state index is -1.07. The molecule has 116 valence electrons. The van der Waals surface area contributed by atoms with Crippen molar-refractivity contribution < 1.29 is 14.7 Å². The van der Waals surface area contributed by atoms with Gasteiger partial charge < -0.3 is 10.4 Å². The van der Waals surface area contributed by atoms with E-state index in [1.165, 1.54) is 12.1 Å². The van der Waals surface area contributed by atoms with Crippen LogP contribution in [-0.4, -0.2) is 17.0 Å². The summed E-state index contributed by atoms with van der Waals surface area (Å²) in [6.07, 6.45) is 1.34. The summed E-state index contributed by atoms with van der Waals surface area (Å²) in [5.74, 6) is -0.956. The Bertz CT molecular complexity index is 535. The number of rotatable bonds is 5. The Kier molecular flexibility index (Phi) is 5.78. The number of aromatic carboxylic acids is 1. The average Bonchev–Trinajstić information content (AvgIpc) is 2.24. The van der Waals surface area contributed by atoms with Crippen LogP contribution in [0.5, 0.6) is 0 Å². The lowest BCUT2D eigenvalue weighted by atomic mass is 9.84. The molecule has 0 aliphatic carbocycles. The number of carbonyl (C=O) groups excluding carboxylic acids is 1. The molecule has 1 amide bonds. The average molecular weight is 312 g/mol. The summed E-state index contributed by atoms with van der Waals surface area (Å²) in [6, 6.07) is 4.29. The number of amides is 1. The fourth-order valence-electron chi connectivity index (χ4n) is 2.43. The summed E-state index contributed by atoms with van der Waals surface area (Å²) >= 11 is 5.86. The zero-order chi connectivity index (χ0) is 16.2. The Labute approximate surface area is 130 Å². The first kappa shape index (κ1) is 17.5. The van der Waals surface area contributed by atoms with E-state index in [2.05, 4.69) is 26.1 Å². The van der Waals surface area contributed by atoms with Crippen LogP contribution in [0.3, 0.4) is 0 Å². The van der Waals surface area contributed by atoms with Crippen molar-refractivity contribution >= 4 is 29.2 Å². The molecule has 1 rings (SSSR count). The van der Waals surface area contributed by atoms with Gasteiger partial charge in [0.2, 0.25) is 5.91 Å². The second-order valence-corrected chi connectivity index (χ2v) is 7.09. The number of hydrogen-bond acceptors (Lipinski definition) is 2. The number of carbonyl (C=O) groups is 2. The van der Waals surface area contributed by atoms with Crippen molar-refractivity contribution in [2.45, 2.75) is 40.5 Å². The van der Waals surface area contributed by atoms with Gasteiger partial charge in [0.25, 0.3) is 0 Å². The zero-order valence-electron chi connectivity index (χ0n) is 12.9. The summed E-state index contributed by atoms with van der Waals surface area (Å²) in [5, 5.41) is 12.0. The van der Waals surface area contributed by atoms with Crippen LogP contribution < -0.4 is 5.32 Å². The standard InChI is InChI=1S/C16H22ClNO3/c1-10(9-16(2,3)4)5-14(19)18-13-7-11(15(20)21)6-12(17)8-13/h6-8,10H,5,9H2,1-4H3,(H,18,19)(H,20,21). The minimum absolute atomic E-state index is 0.0561. The number of nitrogens with one attached hydrogen (secondary N) is 1. The molecule has 21 heavy (non-hydrogen) atoms. The Hall–Kier alpha value is -1.55. The van der Waals surface area contributed by atoms with Crippen molar-refractivity contribution in [2.75, 3.05) is 5.32 Å². The Morgan fingerprint density at radius 2 is 1.90 bits per heavy atom. The van der Waals surface area contributed by atoms with Gasteiger partial charge in [0.05, 0.1) is 5.56 Å². The van der Waals surface area contributed by atoms with Gasteiger partial charge in [-0.2, -0.15) is 0 Å². The van der Waals surface area contributed by atoms with E-state index in [0.717, 1.165) is 6.42 Å². The fraction of sp³-hybridized carbons (Fsp3) is 0.500. The molecule has 1 aromatic rings. The first-order valence-electron chi connectivity index (χ1n) is 6.90. The highest BCUT2D eigenvalue weighted by molar-refractivity contribution is 6.31. The van der Waals surface area contributed by atoms with Gasteiger partial charge in [0, 0.05) is 17.1 Å². The van der Waals surface area contributed by atoms with Crippen LogP contribution >= 0.6 is 11.6 Å². The molecule has 2 N–H and O–H groups in total. The lowest BCUT2D eigenvalue weighted by Gasteiger charge is -2.22. The molecule has 0 aromatic heterocycles. The Morgan fingerprint density at radius 1 is 1.29 bits per heavy atom. The fourth-order valence-corrected chi connectivity index (χ4v) is 2.67. The largest absolute Gasteiger partial charge is 0.478 e. The second kappa shape index (κ2) is 6.94. The first-order chi connectivity index (χ1) is 9.56. The van der Waals surface area contributed by atoms with Gasteiger partial charge in [0.15, 0.2) is 0 Å². The molecular formula is C16H22ClNO3. The van der Waals surface area contributed by atoms with Gasteiger partial charge in [-0.15, -0.1) is 0 Å². The van der Waals surface area contributed by atoms with Crippen LogP contribution in [0, 0.1) is 11.3 Å². The third-order valence-corrected chi connectivity index (χ3v) is 3.14. The van der Waals surface area contributed by atoms with Gasteiger partial charge in [-0.3, -0.25) is 4.79 Å². The Balaban J connectivity index is 2.69. The molecule has 0 aliphatic heterocycles. The van der Waals surface area contributed by atoms with Crippen molar-refractivity contribution in [3.8, 4) is 0 Å². The third-order valence-electron chi connectivity index (χ3n) is 2.92. The van der Waals surface area contributed by atoms with Crippen LogP contribution in [0.25, 0.3) is 0 Å². The highest BCUT2D eigenvalue weighted by Gasteiger charge is 2.18. The van der Waals surface area contributed by atoms with Gasteiger partial charge in [0.1, 0.15) is 0 Å². The maximum atomic E-state index is 12.0. The molecule has 0 saturated heterocycles. The van der Waals surface area contributed by atoms with E-state index in [1.807, 2.05) is 6.92 Å². The normalized spacial score (nSPS) is 12.8. The summed E-state index contributed by atoms with van der Waals surface area (Å²) in [6.45, 7) is 8.44. The summed E-state index contributed by atoms with van der Waals surface area (Å²) in [5.41, 5.74) is 0.639. The SMILES string of the molecule is CC(CC(=O)Nc1cc(Cl)cc(C(=O)O)c1)CC(C)(C)C. The molecule has 4 nitrogen and oxygen atoms in total. The zero-order valence-corrected chi connectivity index (χ0v) is 13.6. The van der Waals surface area contributed by atoms with Gasteiger partial charge in [-0.05, 0) is 36.0 Å². The molecule has 0 saturated carbocycles. The maximum Gasteiger partial charge on any atom is 0.335 e. The molecule has 1 unspecified atom stereocenters. The number of halogens is 1. The molecule has 5 heteroatoms. The topological polar surface area (TPSA) is 66.4 Å². The molecule has 1 atom stereocenters. The van der Waals surface area contributed by atoms with E-state index in [0.29, 0.717) is 12.1 Å². The van der Waals surface area contributed by atoms with Crippen molar-refractivity contribution in [2.24, 2.45) is 11.3 Å². The molecule has 0 spiro atoms. The van der Waals surface area contributed by atoms with Crippen molar-refractivity contribution in [3.05, 3.63) is 28.8 Å². The predicted octanol–water partition coefficient (Wildman–Crippen LogP) is 4.44. The number of carboxylic acids is 1. The van der Waals surface area contributed by atoms with E-state index < -0.39 is 5.97 Å². The highest BCUT2D eigenvalue weighted by Crippen LogP contribution is 2.26. The van der Waals surface area contributed by atoms with Gasteiger partial charge in [-0.25, -0.2) is 4.79 Å². The number of hydrogen-bond donors (Lipinski definition) is 2. The van der Waals surface area contributed by atoms with Crippen molar-refractivity contribution in [1.29, 1.82) is 0 Å². The molecule has 0 radical (unpaired) electrons. The van der Waals surface area contributed by atoms with E-state index in [1.54, 1.807) is 6.07 Å². The van der Waals surface area contributed by atoms with Crippen LogP contribution in [0.15, 0.2) is 18.2 Å². The summed E-state index contributed by atoms with van der Waals surface area (Å²) in [7, 11) is 0. The smallest absolute Gasteiger partial charge is 0.335 e. The van der Waals surface area contributed by atoms with E-state index >= 15 is 0 Å². The Morgan fingerprint density at radius 3 is 2.43 bits per heavy atom. The van der Waals surface area contributed by atoms with Crippen LogP contribution in [-0.2, 0) is 4.79 Å². The third kappa shape index (κ3) is 6.63. The lowest BCUT2D eigenvalue weighted by molar-refractivity contribution is -0.117. The monoisotopic (exact) mass is 311 g/mol. The molecule has 0 bridgehead atoms. The van der Waals surface area contributed by atoms with Crippen molar-refractivity contribution in [3.63, 3.8) is 0 Å². The second-order valence-electron chi connectivity index (χ2n) is 6.66. The molecule has 0 heterocycles. The van der Waals surface area contributed by atoms with Crippen molar-refractivity contribution in [1.82, 2.24) is 0 Å². The van der Waals surface area contributed by atoms with Crippen LogP contribution in [0.1, 0.15) is 50.9 Å². The summed E-state index contributed by atoms with van der Waals surface area (Å²) in [4.78, 5) is 23.0. The number of benzene rings is 1. The number of carboxylic acid groups (broad SMARTS) is 1. The minimum Gasteiger partial charge on any atom is -0.478 e. The molecule has 1 aromatic carbocycles. The van der Waals surface area contributed by atoms with Gasteiger partial charge >= 0.3 is 5.97 Å². The lowest BCUT2D eigenvalue weighted by Crippen LogP contribution is -2.19. The van der Waals surface area contributed by atoms with E-state index in [4.69, 9.17) is 16.7 Å². The van der Waals surface area contributed by atoms with Crippen LogP contribution in [0.4, 0.5) is 5.69 Å². The molecule has 0 fully saturated rings. The predicted molar refractivity (Wildman–Crippen MR) is 84.9 cm³/mol. The molecule has 0 aliphatic rings. The molecular weight excluding hydrogens is 290 g/mol. The first-order valence-corrected chi connectivity index (χ1v) is 7.28. The van der Waals surface area contributed by atoms with E-state index in [9.17, 15) is 9.59 Å². The quantitative estimate of drug-likeness (QED) is 0.844. The van der Waals surface area contributed by atoms with E-state index in [-0.39, 0.29) is 27.8 Å². The highest BCUT2D eigenvalue weighted by atomic mass is 35.5. The van der Waals surface area contributed by atoms with Gasteiger partial charge in [-0.1, -0.05) is 39.3 Å². The summed E-state index contributed by atoms with van der Waals surface area (Å²) < 4.78 is 0. The van der Waals surface area contributed by atoms with Crippen LogP contribution in [0.2, 0.25) is 5.02 Å². The number of anilines is 1. The maximum absolute atomic E-state index is 12.0.